The van der Waals surface area contributed by atoms with Gasteiger partial charge < -0.3 is 15.3 Å². The molecule has 0 heterocycles. The Morgan fingerprint density at radius 1 is 1.33 bits per heavy atom. The fourth-order valence-electron chi connectivity index (χ4n) is 2.56. The first kappa shape index (κ1) is 15.4. The molecule has 1 aromatic carbocycles. The van der Waals surface area contributed by atoms with E-state index in [0.717, 1.165) is 17.5 Å². The second-order valence-corrected chi connectivity index (χ2v) is 5.88. The van der Waals surface area contributed by atoms with Crippen molar-refractivity contribution in [3.8, 4) is 0 Å². The van der Waals surface area contributed by atoms with Crippen LogP contribution in [-0.2, 0) is 11.3 Å². The lowest BCUT2D eigenvalue weighted by Gasteiger charge is -2.38. The molecule has 0 aliphatic heterocycles. The summed E-state index contributed by atoms with van der Waals surface area (Å²) in [7, 11) is 1.72. The Morgan fingerprint density at radius 2 is 2.00 bits per heavy atom. The number of carboxylic acids is 1. The van der Waals surface area contributed by atoms with E-state index in [4.69, 9.17) is 0 Å². The van der Waals surface area contributed by atoms with E-state index in [-0.39, 0.29) is 12.6 Å². The molecule has 1 saturated carbocycles. The maximum absolute atomic E-state index is 12.1. The van der Waals surface area contributed by atoms with E-state index < -0.39 is 11.4 Å². The van der Waals surface area contributed by atoms with Gasteiger partial charge in [0.15, 0.2) is 0 Å². The van der Waals surface area contributed by atoms with Gasteiger partial charge in [-0.3, -0.25) is 4.79 Å². The third kappa shape index (κ3) is 3.35. The molecule has 1 fully saturated rings. The lowest BCUT2D eigenvalue weighted by Crippen LogP contribution is -2.49. The third-order valence-electron chi connectivity index (χ3n) is 4.36. The van der Waals surface area contributed by atoms with Crippen LogP contribution in [0.15, 0.2) is 24.3 Å². The average Bonchev–Trinajstić information content (AvgIpc) is 2.39. The average molecular weight is 290 g/mol. The highest BCUT2D eigenvalue weighted by atomic mass is 16.4. The normalized spacial score (nSPS) is 15.9. The van der Waals surface area contributed by atoms with Crippen LogP contribution in [0.3, 0.4) is 0 Å². The Balaban J connectivity index is 1.88. The minimum atomic E-state index is -0.810. The smallest absolute Gasteiger partial charge is 0.317 e. The molecule has 5 heteroatoms. The summed E-state index contributed by atoms with van der Waals surface area (Å²) in [5.74, 6) is -0.810. The van der Waals surface area contributed by atoms with E-state index in [1.165, 1.54) is 0 Å². The molecule has 1 aliphatic carbocycles. The van der Waals surface area contributed by atoms with Gasteiger partial charge in [0.05, 0.1) is 5.41 Å². The Bertz CT molecular complexity index is 538. The van der Waals surface area contributed by atoms with Crippen LogP contribution in [0.5, 0.6) is 0 Å². The number of nitrogens with zero attached hydrogens (tertiary/aromatic N) is 1. The zero-order chi connectivity index (χ0) is 15.5. The number of benzene rings is 1. The fourth-order valence-corrected chi connectivity index (χ4v) is 2.56. The molecule has 0 unspecified atom stereocenters. The van der Waals surface area contributed by atoms with Crippen molar-refractivity contribution in [3.05, 3.63) is 35.4 Å². The molecule has 114 valence electrons. The van der Waals surface area contributed by atoms with Crippen molar-refractivity contribution in [1.82, 2.24) is 10.2 Å². The van der Waals surface area contributed by atoms with Crippen molar-refractivity contribution in [2.45, 2.75) is 32.7 Å². The molecule has 0 saturated heterocycles. The second-order valence-electron chi connectivity index (χ2n) is 5.88. The largest absolute Gasteiger partial charge is 0.481 e. The molecule has 2 N–H and O–H groups in total. The van der Waals surface area contributed by atoms with Gasteiger partial charge >= 0.3 is 12.0 Å². The molecule has 21 heavy (non-hydrogen) atoms. The number of rotatable bonds is 5. The molecule has 5 nitrogen and oxygen atoms in total. The SMILES string of the molecule is Cc1ccccc1CN(C)C(=O)NCC1(C(=O)O)CCC1. The first-order chi connectivity index (χ1) is 9.94. The number of amides is 2. The number of nitrogens with one attached hydrogen (secondary N) is 1. The molecular formula is C16H22N2O3. The van der Waals surface area contributed by atoms with Crippen LogP contribution in [-0.4, -0.2) is 35.6 Å². The topological polar surface area (TPSA) is 69.6 Å². The van der Waals surface area contributed by atoms with Crippen LogP contribution in [0.1, 0.15) is 30.4 Å². The maximum Gasteiger partial charge on any atom is 0.317 e. The Hall–Kier alpha value is -2.04. The van der Waals surface area contributed by atoms with Crippen molar-refractivity contribution < 1.29 is 14.7 Å². The van der Waals surface area contributed by atoms with Crippen LogP contribution < -0.4 is 5.32 Å². The highest BCUT2D eigenvalue weighted by Gasteiger charge is 2.44. The van der Waals surface area contributed by atoms with Crippen molar-refractivity contribution in [3.63, 3.8) is 0 Å². The van der Waals surface area contributed by atoms with Gasteiger partial charge in [-0.05, 0) is 30.9 Å². The minimum absolute atomic E-state index is 0.208. The van der Waals surface area contributed by atoms with E-state index in [0.29, 0.717) is 19.4 Å². The van der Waals surface area contributed by atoms with Gasteiger partial charge in [-0.15, -0.1) is 0 Å². The predicted molar refractivity (Wildman–Crippen MR) is 80.0 cm³/mol. The monoisotopic (exact) mass is 290 g/mol. The summed E-state index contributed by atoms with van der Waals surface area (Å²) < 4.78 is 0. The van der Waals surface area contributed by atoms with Gasteiger partial charge in [-0.25, -0.2) is 4.79 Å². The molecule has 2 amide bonds. The van der Waals surface area contributed by atoms with Gasteiger partial charge in [0.1, 0.15) is 0 Å². The van der Waals surface area contributed by atoms with Crippen molar-refractivity contribution in [1.29, 1.82) is 0 Å². The van der Waals surface area contributed by atoms with Gasteiger partial charge in [-0.1, -0.05) is 30.7 Å². The molecule has 0 radical (unpaired) electrons. The highest BCUT2D eigenvalue weighted by Crippen LogP contribution is 2.40. The number of aliphatic carboxylic acids is 1. The van der Waals surface area contributed by atoms with Gasteiger partial charge in [0, 0.05) is 20.1 Å². The number of carbonyl (C=O) groups is 2. The van der Waals surface area contributed by atoms with E-state index in [9.17, 15) is 14.7 Å². The van der Waals surface area contributed by atoms with Crippen LogP contribution in [0.25, 0.3) is 0 Å². The number of aryl methyl sites for hydroxylation is 1. The standard InChI is InChI=1S/C16H22N2O3/c1-12-6-3-4-7-13(12)10-18(2)15(21)17-11-16(14(19)20)8-5-9-16/h3-4,6-7H,5,8-11H2,1-2H3,(H,17,21)(H,19,20). The van der Waals surface area contributed by atoms with E-state index in [1.807, 2.05) is 31.2 Å². The first-order valence-corrected chi connectivity index (χ1v) is 7.21. The summed E-state index contributed by atoms with van der Waals surface area (Å²) in [5, 5.41) is 12.0. The van der Waals surface area contributed by atoms with Crippen LogP contribution in [0, 0.1) is 12.3 Å². The molecule has 0 bridgehead atoms. The zero-order valence-corrected chi connectivity index (χ0v) is 12.6. The quantitative estimate of drug-likeness (QED) is 0.874. The maximum atomic E-state index is 12.1. The number of hydrogen-bond donors (Lipinski definition) is 2. The van der Waals surface area contributed by atoms with Crippen LogP contribution in [0.4, 0.5) is 4.79 Å². The van der Waals surface area contributed by atoms with E-state index in [2.05, 4.69) is 5.32 Å². The third-order valence-corrected chi connectivity index (χ3v) is 4.36. The van der Waals surface area contributed by atoms with Crippen LogP contribution in [0.2, 0.25) is 0 Å². The first-order valence-electron chi connectivity index (χ1n) is 7.21. The minimum Gasteiger partial charge on any atom is -0.481 e. The molecule has 0 atom stereocenters. The van der Waals surface area contributed by atoms with Crippen LogP contribution >= 0.6 is 0 Å². The number of carboxylic acid groups (broad SMARTS) is 1. The zero-order valence-electron chi connectivity index (χ0n) is 12.6. The summed E-state index contributed by atoms with van der Waals surface area (Å²) >= 11 is 0. The van der Waals surface area contributed by atoms with Crippen molar-refractivity contribution in [2.75, 3.05) is 13.6 Å². The van der Waals surface area contributed by atoms with Gasteiger partial charge in [-0.2, -0.15) is 0 Å². The summed E-state index contributed by atoms with van der Waals surface area (Å²) in [6.45, 7) is 2.73. The predicted octanol–water partition coefficient (Wildman–Crippen LogP) is 2.39. The lowest BCUT2D eigenvalue weighted by atomic mass is 9.69. The second kappa shape index (κ2) is 6.16. The fraction of sp³-hybridized carbons (Fsp3) is 0.500. The summed E-state index contributed by atoms with van der Waals surface area (Å²) in [4.78, 5) is 24.9. The number of hydrogen-bond acceptors (Lipinski definition) is 2. The molecular weight excluding hydrogens is 268 g/mol. The Labute approximate surface area is 125 Å². The molecule has 1 aliphatic rings. The molecule has 0 aromatic heterocycles. The van der Waals surface area contributed by atoms with Gasteiger partial charge in [0.2, 0.25) is 0 Å². The summed E-state index contributed by atoms with van der Waals surface area (Å²) in [5.41, 5.74) is 1.48. The van der Waals surface area contributed by atoms with E-state index in [1.54, 1.807) is 11.9 Å². The van der Waals surface area contributed by atoms with E-state index >= 15 is 0 Å². The highest BCUT2D eigenvalue weighted by molar-refractivity contribution is 5.78. The lowest BCUT2D eigenvalue weighted by molar-refractivity contribution is -0.153. The summed E-state index contributed by atoms with van der Waals surface area (Å²) in [6, 6.07) is 7.68. The number of urea groups is 1. The molecule has 0 spiro atoms. The Kier molecular flexibility index (Phi) is 4.50. The number of carbonyl (C=O) groups excluding carboxylic acids is 1. The van der Waals surface area contributed by atoms with Crippen molar-refractivity contribution in [2.24, 2.45) is 5.41 Å². The molecule has 1 aromatic rings. The van der Waals surface area contributed by atoms with Gasteiger partial charge in [0.25, 0.3) is 0 Å². The summed E-state index contributed by atoms with van der Waals surface area (Å²) in [6.07, 6.45) is 2.20. The van der Waals surface area contributed by atoms with Crippen molar-refractivity contribution >= 4 is 12.0 Å². The molecule has 2 rings (SSSR count). The Morgan fingerprint density at radius 3 is 2.52 bits per heavy atom.